The summed E-state index contributed by atoms with van der Waals surface area (Å²) in [7, 11) is 0. The summed E-state index contributed by atoms with van der Waals surface area (Å²) in [6.07, 6.45) is 3.13. The zero-order valence-electron chi connectivity index (χ0n) is 9.41. The first-order valence-electron chi connectivity index (χ1n) is 5.71. The maximum atomic E-state index is 11.3. The van der Waals surface area contributed by atoms with E-state index >= 15 is 0 Å². The Morgan fingerprint density at radius 1 is 1.40 bits per heavy atom. The number of carbonyl (C=O) groups is 1. The van der Waals surface area contributed by atoms with E-state index in [0.717, 1.165) is 38.8 Å². The molecule has 2 N–H and O–H groups in total. The number of piperidine rings is 1. The second kappa shape index (κ2) is 5.47. The number of β-amino-alcohol motifs (C(OH)–C–C–N with tert-alkyl or cyclic N) is 1. The lowest BCUT2D eigenvalue weighted by Gasteiger charge is -2.38. The molecule has 88 valence electrons. The highest BCUT2D eigenvalue weighted by atomic mass is 16.4. The highest BCUT2D eigenvalue weighted by Crippen LogP contribution is 2.36. The monoisotopic (exact) mass is 215 g/mol. The third-order valence-electron chi connectivity index (χ3n) is 3.41. The molecule has 0 unspecified atom stereocenters. The summed E-state index contributed by atoms with van der Waals surface area (Å²) < 4.78 is 0. The molecule has 0 bridgehead atoms. The Morgan fingerprint density at radius 3 is 2.40 bits per heavy atom. The van der Waals surface area contributed by atoms with E-state index < -0.39 is 11.4 Å². The fourth-order valence-electron chi connectivity index (χ4n) is 2.40. The fourth-order valence-corrected chi connectivity index (χ4v) is 2.40. The van der Waals surface area contributed by atoms with Crippen LogP contribution in [-0.4, -0.2) is 47.3 Å². The molecule has 0 atom stereocenters. The molecule has 4 nitrogen and oxygen atoms in total. The van der Waals surface area contributed by atoms with Crippen molar-refractivity contribution in [3.05, 3.63) is 0 Å². The van der Waals surface area contributed by atoms with Gasteiger partial charge < -0.3 is 15.1 Å². The minimum Gasteiger partial charge on any atom is -0.481 e. The van der Waals surface area contributed by atoms with Gasteiger partial charge >= 0.3 is 5.97 Å². The van der Waals surface area contributed by atoms with Crippen LogP contribution in [0, 0.1) is 5.41 Å². The van der Waals surface area contributed by atoms with Crippen LogP contribution in [0.15, 0.2) is 0 Å². The van der Waals surface area contributed by atoms with Crippen LogP contribution in [0.25, 0.3) is 0 Å². The molecular formula is C11H21NO3. The molecule has 0 aromatic rings. The maximum absolute atomic E-state index is 11.3. The topological polar surface area (TPSA) is 60.8 Å². The molecule has 0 aliphatic carbocycles. The van der Waals surface area contributed by atoms with Gasteiger partial charge in [-0.2, -0.15) is 0 Å². The van der Waals surface area contributed by atoms with Crippen LogP contribution >= 0.6 is 0 Å². The standard InChI is InChI=1S/C11H21NO3/c1-2-3-11(10(14)15)4-6-12(7-5-11)8-9-13/h13H,2-9H2,1H3,(H,14,15). The molecule has 1 aliphatic heterocycles. The molecule has 0 aromatic heterocycles. The van der Waals surface area contributed by atoms with Gasteiger partial charge in [-0.1, -0.05) is 13.3 Å². The second-order valence-corrected chi connectivity index (χ2v) is 4.40. The summed E-state index contributed by atoms with van der Waals surface area (Å²) in [6, 6.07) is 0. The molecule has 4 heteroatoms. The van der Waals surface area contributed by atoms with E-state index in [1.165, 1.54) is 0 Å². The highest BCUT2D eigenvalue weighted by molar-refractivity contribution is 5.74. The van der Waals surface area contributed by atoms with Gasteiger partial charge in [0.1, 0.15) is 0 Å². The number of carboxylic acids is 1. The predicted octanol–water partition coefficient (Wildman–Crippen LogP) is 0.946. The smallest absolute Gasteiger partial charge is 0.309 e. The molecule has 1 aliphatic rings. The summed E-state index contributed by atoms with van der Waals surface area (Å²) >= 11 is 0. The van der Waals surface area contributed by atoms with Crippen LogP contribution < -0.4 is 0 Å². The van der Waals surface area contributed by atoms with Crippen LogP contribution in [0.2, 0.25) is 0 Å². The largest absolute Gasteiger partial charge is 0.481 e. The van der Waals surface area contributed by atoms with E-state index in [0.29, 0.717) is 6.54 Å². The Morgan fingerprint density at radius 2 is 2.00 bits per heavy atom. The maximum Gasteiger partial charge on any atom is 0.309 e. The van der Waals surface area contributed by atoms with E-state index in [-0.39, 0.29) is 6.61 Å². The first-order valence-corrected chi connectivity index (χ1v) is 5.71. The van der Waals surface area contributed by atoms with E-state index in [2.05, 4.69) is 4.90 Å². The second-order valence-electron chi connectivity index (χ2n) is 4.40. The Hall–Kier alpha value is -0.610. The lowest BCUT2D eigenvalue weighted by molar-refractivity contribution is -0.152. The molecular weight excluding hydrogens is 194 g/mol. The molecule has 15 heavy (non-hydrogen) atoms. The van der Waals surface area contributed by atoms with Crippen molar-refractivity contribution in [2.24, 2.45) is 5.41 Å². The van der Waals surface area contributed by atoms with Crippen molar-refractivity contribution in [3.63, 3.8) is 0 Å². The number of aliphatic carboxylic acids is 1. The van der Waals surface area contributed by atoms with Crippen molar-refractivity contribution in [3.8, 4) is 0 Å². The molecule has 0 aromatic carbocycles. The Kier molecular flexibility index (Phi) is 4.54. The van der Waals surface area contributed by atoms with Crippen LogP contribution in [0.3, 0.4) is 0 Å². The molecule has 1 saturated heterocycles. The van der Waals surface area contributed by atoms with Gasteiger partial charge in [0.15, 0.2) is 0 Å². The van der Waals surface area contributed by atoms with Crippen LogP contribution in [0.4, 0.5) is 0 Å². The van der Waals surface area contributed by atoms with E-state index in [1.54, 1.807) is 0 Å². The molecule has 1 heterocycles. The summed E-state index contributed by atoms with van der Waals surface area (Å²) in [5.41, 5.74) is -0.499. The number of carboxylic acid groups (broad SMARTS) is 1. The number of aliphatic hydroxyl groups is 1. The number of hydrogen-bond acceptors (Lipinski definition) is 3. The molecule has 1 fully saturated rings. The number of aliphatic hydroxyl groups excluding tert-OH is 1. The van der Waals surface area contributed by atoms with Crippen molar-refractivity contribution < 1.29 is 15.0 Å². The zero-order valence-corrected chi connectivity index (χ0v) is 9.41. The van der Waals surface area contributed by atoms with Gasteiger partial charge in [0.25, 0.3) is 0 Å². The van der Waals surface area contributed by atoms with Gasteiger partial charge in [-0.05, 0) is 32.4 Å². The van der Waals surface area contributed by atoms with Crippen molar-refractivity contribution in [1.82, 2.24) is 4.90 Å². The summed E-state index contributed by atoms with van der Waals surface area (Å²) in [6.45, 7) is 4.46. The molecule has 0 saturated carbocycles. The minimum atomic E-state index is -0.645. The summed E-state index contributed by atoms with van der Waals surface area (Å²) in [4.78, 5) is 13.4. The van der Waals surface area contributed by atoms with Gasteiger partial charge in [0.05, 0.1) is 12.0 Å². The summed E-state index contributed by atoms with van der Waals surface area (Å²) in [5.74, 6) is -0.645. The van der Waals surface area contributed by atoms with Crippen molar-refractivity contribution in [2.45, 2.75) is 32.6 Å². The molecule has 1 rings (SSSR count). The van der Waals surface area contributed by atoms with Gasteiger partial charge in [-0.3, -0.25) is 4.79 Å². The van der Waals surface area contributed by atoms with Crippen molar-refractivity contribution in [1.29, 1.82) is 0 Å². The average Bonchev–Trinajstić information content (AvgIpc) is 2.21. The van der Waals surface area contributed by atoms with Gasteiger partial charge in [-0.15, -0.1) is 0 Å². The first-order chi connectivity index (χ1) is 7.14. The third-order valence-corrected chi connectivity index (χ3v) is 3.41. The van der Waals surface area contributed by atoms with Crippen LogP contribution in [0.1, 0.15) is 32.6 Å². The molecule has 0 spiro atoms. The van der Waals surface area contributed by atoms with Crippen LogP contribution in [-0.2, 0) is 4.79 Å². The van der Waals surface area contributed by atoms with Crippen LogP contribution in [0.5, 0.6) is 0 Å². The van der Waals surface area contributed by atoms with E-state index in [1.807, 2.05) is 6.92 Å². The molecule has 0 radical (unpaired) electrons. The van der Waals surface area contributed by atoms with Gasteiger partial charge in [-0.25, -0.2) is 0 Å². The van der Waals surface area contributed by atoms with Crippen molar-refractivity contribution in [2.75, 3.05) is 26.2 Å². The van der Waals surface area contributed by atoms with Gasteiger partial charge in [0, 0.05) is 6.54 Å². The number of hydrogen-bond donors (Lipinski definition) is 2. The van der Waals surface area contributed by atoms with E-state index in [4.69, 9.17) is 5.11 Å². The Labute approximate surface area is 90.9 Å². The molecule has 0 amide bonds. The number of likely N-dealkylation sites (tertiary alicyclic amines) is 1. The third kappa shape index (κ3) is 2.92. The predicted molar refractivity (Wildman–Crippen MR) is 57.7 cm³/mol. The number of nitrogens with zero attached hydrogens (tertiary/aromatic N) is 1. The normalized spacial score (nSPS) is 21.5. The Bertz CT molecular complexity index is 210. The average molecular weight is 215 g/mol. The fraction of sp³-hybridized carbons (Fsp3) is 0.909. The Balaban J connectivity index is 2.53. The first kappa shape index (κ1) is 12.5. The van der Waals surface area contributed by atoms with Crippen molar-refractivity contribution >= 4 is 5.97 Å². The highest BCUT2D eigenvalue weighted by Gasteiger charge is 2.40. The quantitative estimate of drug-likeness (QED) is 0.716. The lowest BCUT2D eigenvalue weighted by Crippen LogP contribution is -2.45. The lowest BCUT2D eigenvalue weighted by atomic mass is 9.75. The SMILES string of the molecule is CCCC1(C(=O)O)CCN(CCO)CC1. The van der Waals surface area contributed by atoms with Gasteiger partial charge in [0.2, 0.25) is 0 Å². The van der Waals surface area contributed by atoms with E-state index in [9.17, 15) is 9.90 Å². The minimum absolute atomic E-state index is 0.161. The summed E-state index contributed by atoms with van der Waals surface area (Å²) in [5, 5.41) is 18.1. The number of rotatable bonds is 5. The zero-order chi connectivity index (χ0) is 11.3.